The summed E-state index contributed by atoms with van der Waals surface area (Å²) < 4.78 is 1.16. The molecule has 0 aromatic carbocycles. The third-order valence-electron chi connectivity index (χ3n) is 2.67. The van der Waals surface area contributed by atoms with Gasteiger partial charge in [0.2, 0.25) is 0 Å². The Balaban J connectivity index is 3.17. The molecule has 1 atom stereocenters. The van der Waals surface area contributed by atoms with Crippen LogP contribution in [-0.2, 0) is 6.42 Å². The zero-order valence-electron chi connectivity index (χ0n) is 10.5. The molecule has 1 aromatic rings. The summed E-state index contributed by atoms with van der Waals surface area (Å²) in [5.74, 6) is 2.39. The molecule has 0 spiro atoms. The van der Waals surface area contributed by atoms with E-state index in [2.05, 4.69) is 65.6 Å². The van der Waals surface area contributed by atoms with Crippen molar-refractivity contribution in [1.29, 1.82) is 0 Å². The fraction of sp³-hybridized carbons (Fsp3) is 0.667. The quantitative estimate of drug-likeness (QED) is 0.837. The van der Waals surface area contributed by atoms with Gasteiger partial charge in [0.05, 0.1) is 9.26 Å². The Morgan fingerprint density at radius 1 is 1.25 bits per heavy atom. The average molecular weight is 333 g/mol. The monoisotopic (exact) mass is 333 g/mol. The van der Waals surface area contributed by atoms with Gasteiger partial charge in [-0.1, -0.05) is 20.8 Å². The van der Waals surface area contributed by atoms with Crippen LogP contribution in [0.25, 0.3) is 0 Å². The fourth-order valence-corrected chi connectivity index (χ4v) is 2.25. The molecule has 0 saturated carbocycles. The van der Waals surface area contributed by atoms with Crippen molar-refractivity contribution < 1.29 is 0 Å². The van der Waals surface area contributed by atoms with Gasteiger partial charge >= 0.3 is 0 Å². The van der Waals surface area contributed by atoms with E-state index in [1.807, 2.05) is 0 Å². The molecule has 0 aliphatic rings. The molecule has 0 saturated heterocycles. The zero-order chi connectivity index (χ0) is 12.1. The molecule has 0 bridgehead atoms. The Bertz CT molecular complexity index is 352. The largest absolute Gasteiger partial charge is 0.369 e. The van der Waals surface area contributed by atoms with E-state index in [1.54, 1.807) is 0 Å². The van der Waals surface area contributed by atoms with Crippen molar-refractivity contribution in [1.82, 2.24) is 9.97 Å². The molecule has 0 aliphatic carbocycles. The molecule has 1 heterocycles. The van der Waals surface area contributed by atoms with Gasteiger partial charge in [0, 0.05) is 12.5 Å². The highest BCUT2D eigenvalue weighted by atomic mass is 127. The molecule has 1 rings (SSSR count). The number of hydrogen-bond acceptors (Lipinski definition) is 3. The molecular formula is C12H20IN3. The molecule has 3 nitrogen and oxygen atoms in total. The predicted molar refractivity (Wildman–Crippen MR) is 77.0 cm³/mol. The number of rotatable bonds is 5. The minimum absolute atomic E-state index is 0.430. The lowest BCUT2D eigenvalue weighted by atomic mass is 10.1. The second-order valence-corrected chi connectivity index (χ2v) is 4.96. The van der Waals surface area contributed by atoms with Crippen molar-refractivity contribution in [2.75, 3.05) is 11.9 Å². The van der Waals surface area contributed by atoms with E-state index in [0.717, 1.165) is 40.3 Å². The lowest BCUT2D eigenvalue weighted by molar-refractivity contribution is 0.670. The number of halogens is 1. The lowest BCUT2D eigenvalue weighted by Gasteiger charge is -2.14. The van der Waals surface area contributed by atoms with Gasteiger partial charge in [0.25, 0.3) is 0 Å². The van der Waals surface area contributed by atoms with E-state index in [-0.39, 0.29) is 0 Å². The summed E-state index contributed by atoms with van der Waals surface area (Å²) in [6, 6.07) is 0. The van der Waals surface area contributed by atoms with Gasteiger partial charge < -0.3 is 5.32 Å². The zero-order valence-corrected chi connectivity index (χ0v) is 12.6. The Kier molecular flexibility index (Phi) is 5.44. The third kappa shape index (κ3) is 3.06. The molecule has 0 amide bonds. The highest BCUT2D eigenvalue weighted by Gasteiger charge is 2.13. The Hall–Kier alpha value is -0.390. The highest BCUT2D eigenvalue weighted by Crippen LogP contribution is 2.23. The minimum atomic E-state index is 0.430. The first-order chi connectivity index (χ1) is 7.63. The van der Waals surface area contributed by atoms with E-state index < -0.39 is 0 Å². The number of nitrogens with one attached hydrogen (secondary N) is 1. The Labute approximate surface area is 112 Å². The smallest absolute Gasteiger partial charge is 0.143 e. The van der Waals surface area contributed by atoms with E-state index in [0.29, 0.717) is 5.92 Å². The molecule has 90 valence electrons. The second kappa shape index (κ2) is 6.37. The predicted octanol–water partition coefficient (Wildman–Crippen LogP) is 3.59. The van der Waals surface area contributed by atoms with Gasteiger partial charge in [0.15, 0.2) is 0 Å². The first-order valence-electron chi connectivity index (χ1n) is 5.94. The number of hydrogen-bond donors (Lipinski definition) is 1. The highest BCUT2D eigenvalue weighted by molar-refractivity contribution is 14.1. The fourth-order valence-electron chi connectivity index (χ4n) is 1.43. The average Bonchev–Trinajstić information content (AvgIpc) is 2.31. The second-order valence-electron chi connectivity index (χ2n) is 3.88. The van der Waals surface area contributed by atoms with Crippen molar-refractivity contribution in [3.63, 3.8) is 0 Å². The van der Waals surface area contributed by atoms with Crippen LogP contribution in [0.3, 0.4) is 0 Å². The summed E-state index contributed by atoms with van der Waals surface area (Å²) in [6.45, 7) is 9.48. The summed E-state index contributed by atoms with van der Waals surface area (Å²) in [7, 11) is 0. The van der Waals surface area contributed by atoms with Crippen LogP contribution >= 0.6 is 22.6 Å². The summed E-state index contributed by atoms with van der Waals surface area (Å²) >= 11 is 2.33. The lowest BCUT2D eigenvalue weighted by Crippen LogP contribution is -2.11. The Morgan fingerprint density at radius 2 is 1.94 bits per heavy atom. The molecule has 4 heteroatoms. The minimum Gasteiger partial charge on any atom is -0.369 e. The van der Waals surface area contributed by atoms with Gasteiger partial charge in [0.1, 0.15) is 11.6 Å². The van der Waals surface area contributed by atoms with Gasteiger partial charge in [-0.25, -0.2) is 9.97 Å². The van der Waals surface area contributed by atoms with Crippen LogP contribution in [0.5, 0.6) is 0 Å². The van der Waals surface area contributed by atoms with Gasteiger partial charge in [-0.3, -0.25) is 0 Å². The maximum Gasteiger partial charge on any atom is 0.143 e. The van der Waals surface area contributed by atoms with E-state index >= 15 is 0 Å². The van der Waals surface area contributed by atoms with E-state index in [1.165, 1.54) is 0 Å². The van der Waals surface area contributed by atoms with Crippen LogP contribution in [0.1, 0.15) is 51.6 Å². The number of nitrogens with zero attached hydrogens (tertiary/aromatic N) is 2. The molecular weight excluding hydrogens is 313 g/mol. The molecule has 16 heavy (non-hydrogen) atoms. The van der Waals surface area contributed by atoms with Crippen molar-refractivity contribution >= 4 is 28.4 Å². The van der Waals surface area contributed by atoms with Gasteiger partial charge in [-0.15, -0.1) is 0 Å². The molecule has 0 radical (unpaired) electrons. The molecule has 1 N–H and O–H groups in total. The Morgan fingerprint density at radius 3 is 2.44 bits per heavy atom. The number of aromatic nitrogens is 2. The van der Waals surface area contributed by atoms with Crippen LogP contribution < -0.4 is 5.32 Å². The molecule has 1 aromatic heterocycles. The summed E-state index contributed by atoms with van der Waals surface area (Å²) in [5, 5.41) is 3.31. The van der Waals surface area contributed by atoms with Crippen LogP contribution in [0.2, 0.25) is 0 Å². The summed E-state index contributed by atoms with van der Waals surface area (Å²) in [5.41, 5.74) is 1.15. The normalized spacial score (nSPS) is 12.6. The van der Waals surface area contributed by atoms with E-state index in [9.17, 15) is 0 Å². The number of anilines is 1. The van der Waals surface area contributed by atoms with Crippen molar-refractivity contribution in [2.45, 2.75) is 46.5 Å². The van der Waals surface area contributed by atoms with E-state index in [4.69, 9.17) is 0 Å². The van der Waals surface area contributed by atoms with Crippen molar-refractivity contribution in [2.24, 2.45) is 0 Å². The SMILES string of the molecule is CCNc1nc(C(C)CC)nc(CC)c1I. The van der Waals surface area contributed by atoms with Crippen molar-refractivity contribution in [3.05, 3.63) is 15.1 Å². The van der Waals surface area contributed by atoms with Crippen LogP contribution in [0.15, 0.2) is 0 Å². The molecule has 0 fully saturated rings. The van der Waals surface area contributed by atoms with Crippen LogP contribution in [0, 0.1) is 3.57 Å². The first kappa shape index (κ1) is 13.7. The third-order valence-corrected chi connectivity index (χ3v) is 3.80. The van der Waals surface area contributed by atoms with Crippen LogP contribution in [0.4, 0.5) is 5.82 Å². The summed E-state index contributed by atoms with van der Waals surface area (Å²) in [4.78, 5) is 9.26. The maximum absolute atomic E-state index is 4.65. The van der Waals surface area contributed by atoms with Gasteiger partial charge in [-0.2, -0.15) is 0 Å². The van der Waals surface area contributed by atoms with Crippen molar-refractivity contribution in [3.8, 4) is 0 Å². The molecule has 1 unspecified atom stereocenters. The standard InChI is InChI=1S/C12H20IN3/c1-5-8(4)11-15-9(6-2)10(13)12(16-11)14-7-3/h8H,5-7H2,1-4H3,(H,14,15,16). The maximum atomic E-state index is 4.65. The first-order valence-corrected chi connectivity index (χ1v) is 7.01. The number of aryl methyl sites for hydroxylation is 1. The molecule has 0 aliphatic heterocycles. The summed E-state index contributed by atoms with van der Waals surface area (Å²) in [6.07, 6.45) is 2.04. The van der Waals surface area contributed by atoms with Crippen LogP contribution in [-0.4, -0.2) is 16.5 Å². The topological polar surface area (TPSA) is 37.8 Å². The van der Waals surface area contributed by atoms with Gasteiger partial charge in [-0.05, 0) is 42.4 Å².